The van der Waals surface area contributed by atoms with Crippen LogP contribution in [0.2, 0.25) is 0 Å². The molecule has 1 aromatic rings. The SMILES string of the molecule is CNCCCCCCc1ccc(C)cc1. The molecule has 0 radical (unpaired) electrons. The van der Waals surface area contributed by atoms with Crippen molar-refractivity contribution in [3.05, 3.63) is 35.4 Å². The Kier molecular flexibility index (Phi) is 6.10. The molecule has 1 rings (SSSR count). The van der Waals surface area contributed by atoms with Crippen LogP contribution >= 0.6 is 0 Å². The highest BCUT2D eigenvalue weighted by Gasteiger charge is 1.93. The minimum absolute atomic E-state index is 1.16. The summed E-state index contributed by atoms with van der Waals surface area (Å²) in [6.07, 6.45) is 6.58. The number of nitrogens with one attached hydrogen (secondary N) is 1. The Bertz CT molecular complexity index is 251. The van der Waals surface area contributed by atoms with E-state index in [9.17, 15) is 0 Å². The van der Waals surface area contributed by atoms with Gasteiger partial charge in [-0.1, -0.05) is 42.7 Å². The number of rotatable bonds is 7. The highest BCUT2D eigenvalue weighted by atomic mass is 14.8. The zero-order chi connectivity index (χ0) is 10.9. The van der Waals surface area contributed by atoms with Crippen molar-refractivity contribution >= 4 is 0 Å². The third-order valence-corrected chi connectivity index (χ3v) is 2.76. The fourth-order valence-electron chi connectivity index (χ4n) is 1.74. The molecule has 15 heavy (non-hydrogen) atoms. The van der Waals surface area contributed by atoms with E-state index < -0.39 is 0 Å². The summed E-state index contributed by atoms with van der Waals surface area (Å²) in [5.41, 5.74) is 2.84. The average molecular weight is 205 g/mol. The molecule has 0 aliphatic carbocycles. The molecule has 0 saturated carbocycles. The minimum Gasteiger partial charge on any atom is -0.320 e. The van der Waals surface area contributed by atoms with Crippen molar-refractivity contribution in [2.45, 2.75) is 39.0 Å². The Morgan fingerprint density at radius 2 is 1.60 bits per heavy atom. The Labute approximate surface area is 93.9 Å². The third-order valence-electron chi connectivity index (χ3n) is 2.76. The number of unbranched alkanes of at least 4 members (excludes halogenated alkanes) is 3. The first-order valence-corrected chi connectivity index (χ1v) is 6.03. The molecule has 1 N–H and O–H groups in total. The Morgan fingerprint density at radius 1 is 0.933 bits per heavy atom. The second-order valence-electron chi connectivity index (χ2n) is 4.25. The van der Waals surface area contributed by atoms with Gasteiger partial charge in [-0.05, 0) is 45.3 Å². The number of aryl methyl sites for hydroxylation is 2. The first-order chi connectivity index (χ1) is 7.33. The van der Waals surface area contributed by atoms with Crippen molar-refractivity contribution in [3.63, 3.8) is 0 Å². The van der Waals surface area contributed by atoms with E-state index in [1.807, 2.05) is 7.05 Å². The predicted octanol–water partition coefficient (Wildman–Crippen LogP) is 3.32. The summed E-state index contributed by atoms with van der Waals surface area (Å²) in [5, 5.41) is 3.18. The molecular weight excluding hydrogens is 182 g/mol. The lowest BCUT2D eigenvalue weighted by Gasteiger charge is -2.02. The normalized spacial score (nSPS) is 10.5. The van der Waals surface area contributed by atoms with Gasteiger partial charge < -0.3 is 5.32 Å². The van der Waals surface area contributed by atoms with Gasteiger partial charge in [-0.2, -0.15) is 0 Å². The molecule has 0 atom stereocenters. The summed E-state index contributed by atoms with van der Waals surface area (Å²) in [6, 6.07) is 8.92. The van der Waals surface area contributed by atoms with Crippen LogP contribution in [0.5, 0.6) is 0 Å². The predicted molar refractivity (Wildman–Crippen MR) is 67.3 cm³/mol. The van der Waals surface area contributed by atoms with Gasteiger partial charge in [0.2, 0.25) is 0 Å². The van der Waals surface area contributed by atoms with E-state index in [1.165, 1.54) is 43.2 Å². The van der Waals surface area contributed by atoms with Gasteiger partial charge in [0, 0.05) is 0 Å². The largest absolute Gasteiger partial charge is 0.320 e. The molecule has 1 nitrogen and oxygen atoms in total. The molecule has 0 aromatic heterocycles. The summed E-state index contributed by atoms with van der Waals surface area (Å²) < 4.78 is 0. The zero-order valence-corrected chi connectivity index (χ0v) is 10.1. The lowest BCUT2D eigenvalue weighted by molar-refractivity contribution is 0.616. The van der Waals surface area contributed by atoms with Gasteiger partial charge in [0.25, 0.3) is 0 Å². The fraction of sp³-hybridized carbons (Fsp3) is 0.571. The molecule has 0 saturated heterocycles. The maximum atomic E-state index is 3.18. The van der Waals surface area contributed by atoms with Gasteiger partial charge in [-0.25, -0.2) is 0 Å². The van der Waals surface area contributed by atoms with Gasteiger partial charge in [-0.15, -0.1) is 0 Å². The Balaban J connectivity index is 2.07. The van der Waals surface area contributed by atoms with E-state index in [4.69, 9.17) is 0 Å². The smallest absolute Gasteiger partial charge is 0.00519 e. The van der Waals surface area contributed by atoms with E-state index in [2.05, 4.69) is 36.5 Å². The van der Waals surface area contributed by atoms with E-state index in [0.717, 1.165) is 6.54 Å². The summed E-state index contributed by atoms with van der Waals surface area (Å²) >= 11 is 0. The van der Waals surface area contributed by atoms with Crippen molar-refractivity contribution in [2.24, 2.45) is 0 Å². The van der Waals surface area contributed by atoms with Crippen molar-refractivity contribution in [2.75, 3.05) is 13.6 Å². The van der Waals surface area contributed by atoms with E-state index >= 15 is 0 Å². The average Bonchev–Trinajstić information content (AvgIpc) is 2.26. The molecule has 0 spiro atoms. The Hall–Kier alpha value is -0.820. The lowest BCUT2D eigenvalue weighted by atomic mass is 10.0. The van der Waals surface area contributed by atoms with Crippen LogP contribution in [0, 0.1) is 6.92 Å². The number of hydrogen-bond acceptors (Lipinski definition) is 1. The van der Waals surface area contributed by atoms with Crippen molar-refractivity contribution in [1.29, 1.82) is 0 Å². The van der Waals surface area contributed by atoms with Crippen LogP contribution in [0.15, 0.2) is 24.3 Å². The molecule has 1 heteroatoms. The maximum Gasteiger partial charge on any atom is -0.00519 e. The minimum atomic E-state index is 1.16. The van der Waals surface area contributed by atoms with Gasteiger partial charge in [0.1, 0.15) is 0 Å². The van der Waals surface area contributed by atoms with Crippen LogP contribution in [0.3, 0.4) is 0 Å². The molecule has 0 unspecified atom stereocenters. The summed E-state index contributed by atoms with van der Waals surface area (Å²) in [6.45, 7) is 3.30. The van der Waals surface area contributed by atoms with Crippen molar-refractivity contribution < 1.29 is 0 Å². The second-order valence-corrected chi connectivity index (χ2v) is 4.25. The first-order valence-electron chi connectivity index (χ1n) is 6.03. The topological polar surface area (TPSA) is 12.0 Å². The van der Waals surface area contributed by atoms with Crippen LogP contribution < -0.4 is 5.32 Å². The van der Waals surface area contributed by atoms with Crippen LogP contribution in [0.1, 0.15) is 36.8 Å². The third kappa shape index (κ3) is 5.58. The van der Waals surface area contributed by atoms with E-state index in [0.29, 0.717) is 0 Å². The molecule has 0 amide bonds. The summed E-state index contributed by atoms with van der Waals surface area (Å²) in [5.74, 6) is 0. The monoisotopic (exact) mass is 205 g/mol. The first kappa shape index (κ1) is 12.3. The molecule has 0 aliphatic heterocycles. The molecule has 0 fully saturated rings. The summed E-state index contributed by atoms with van der Waals surface area (Å²) in [4.78, 5) is 0. The molecule has 0 heterocycles. The molecular formula is C14H23N. The number of hydrogen-bond donors (Lipinski definition) is 1. The quantitative estimate of drug-likeness (QED) is 0.673. The molecule has 84 valence electrons. The summed E-state index contributed by atoms with van der Waals surface area (Å²) in [7, 11) is 2.02. The van der Waals surface area contributed by atoms with Gasteiger partial charge in [0.05, 0.1) is 0 Å². The molecule has 0 bridgehead atoms. The van der Waals surface area contributed by atoms with E-state index in [1.54, 1.807) is 0 Å². The van der Waals surface area contributed by atoms with E-state index in [-0.39, 0.29) is 0 Å². The lowest BCUT2D eigenvalue weighted by Crippen LogP contribution is -2.06. The molecule has 0 aliphatic rings. The Morgan fingerprint density at radius 3 is 2.27 bits per heavy atom. The highest BCUT2D eigenvalue weighted by Crippen LogP contribution is 2.08. The standard InChI is InChI=1S/C14H23N/c1-13-8-10-14(11-9-13)7-5-3-4-6-12-15-2/h8-11,15H,3-7,12H2,1-2H3. The van der Waals surface area contributed by atoms with Gasteiger partial charge in [0.15, 0.2) is 0 Å². The van der Waals surface area contributed by atoms with Gasteiger partial charge >= 0.3 is 0 Å². The van der Waals surface area contributed by atoms with Crippen LogP contribution in [-0.2, 0) is 6.42 Å². The zero-order valence-electron chi connectivity index (χ0n) is 10.1. The van der Waals surface area contributed by atoms with Crippen LogP contribution in [0.25, 0.3) is 0 Å². The van der Waals surface area contributed by atoms with Crippen molar-refractivity contribution in [3.8, 4) is 0 Å². The highest BCUT2D eigenvalue weighted by molar-refractivity contribution is 5.21. The number of benzene rings is 1. The molecule has 1 aromatic carbocycles. The fourth-order valence-corrected chi connectivity index (χ4v) is 1.74. The van der Waals surface area contributed by atoms with Crippen LogP contribution in [-0.4, -0.2) is 13.6 Å². The van der Waals surface area contributed by atoms with Crippen LogP contribution in [0.4, 0.5) is 0 Å². The second kappa shape index (κ2) is 7.47. The maximum absolute atomic E-state index is 3.18. The van der Waals surface area contributed by atoms with Crippen molar-refractivity contribution in [1.82, 2.24) is 5.32 Å². The van der Waals surface area contributed by atoms with Gasteiger partial charge in [-0.3, -0.25) is 0 Å².